The number of hydrogen-bond donors (Lipinski definition) is 2. The number of ether oxygens (including phenoxy) is 1. The summed E-state index contributed by atoms with van der Waals surface area (Å²) in [5.74, 6) is 3.09. The van der Waals surface area contributed by atoms with Gasteiger partial charge in [0.2, 0.25) is 0 Å². The number of thioether (sulfide) groups is 1. The van der Waals surface area contributed by atoms with Crippen molar-refractivity contribution >= 4 is 17.7 Å². The van der Waals surface area contributed by atoms with Gasteiger partial charge >= 0.3 is 0 Å². The summed E-state index contributed by atoms with van der Waals surface area (Å²) < 4.78 is 19.9. The number of hydrogen-bond acceptors (Lipinski definition) is 4. The highest BCUT2D eigenvalue weighted by atomic mass is 32.2. The first-order valence-electron chi connectivity index (χ1n) is 10.9. The molecule has 0 amide bonds. The quantitative estimate of drug-likeness (QED) is 0.525. The molecule has 1 saturated carbocycles. The van der Waals surface area contributed by atoms with Gasteiger partial charge in [-0.1, -0.05) is 18.2 Å². The largest absolute Gasteiger partial charge is 0.379 e. The number of rotatable bonds is 7. The summed E-state index contributed by atoms with van der Waals surface area (Å²) >= 11 is 2.03. The number of aliphatic imine (C=N–C) groups is 1. The molecule has 1 aliphatic carbocycles. The fourth-order valence-electron chi connectivity index (χ4n) is 4.51. The maximum atomic E-state index is 14.3. The topological polar surface area (TPSA) is 48.9 Å². The van der Waals surface area contributed by atoms with Crippen LogP contribution in [0.5, 0.6) is 0 Å². The number of morpholine rings is 1. The fourth-order valence-corrected chi connectivity index (χ4v) is 5.98. The molecular formula is C22H33FN4OS. The Balaban J connectivity index is 1.43. The first kappa shape index (κ1) is 20.9. The second kappa shape index (κ2) is 9.23. The molecule has 2 heterocycles. The van der Waals surface area contributed by atoms with E-state index in [1.165, 1.54) is 12.2 Å². The van der Waals surface area contributed by atoms with Crippen molar-refractivity contribution in [2.24, 2.45) is 4.99 Å². The van der Waals surface area contributed by atoms with Gasteiger partial charge in [-0.2, -0.15) is 11.8 Å². The van der Waals surface area contributed by atoms with E-state index in [4.69, 9.17) is 9.73 Å². The molecule has 5 nitrogen and oxygen atoms in total. The van der Waals surface area contributed by atoms with E-state index in [1.807, 2.05) is 23.9 Å². The van der Waals surface area contributed by atoms with Crippen molar-refractivity contribution in [3.05, 3.63) is 35.6 Å². The molecule has 1 unspecified atom stereocenters. The summed E-state index contributed by atoms with van der Waals surface area (Å²) in [7, 11) is 0. The minimum absolute atomic E-state index is 0.0906. The SMILES string of the molecule is CCNC(=NCC1(N2CCOCC2)CCSC1)NCC1(c2ccccc2F)CC1. The lowest BCUT2D eigenvalue weighted by Crippen LogP contribution is -2.56. The zero-order valence-electron chi connectivity index (χ0n) is 17.4. The third-order valence-electron chi connectivity index (χ3n) is 6.53. The van der Waals surface area contributed by atoms with Gasteiger partial charge in [0.05, 0.1) is 25.3 Å². The molecule has 1 atom stereocenters. The third kappa shape index (κ3) is 4.72. The van der Waals surface area contributed by atoms with Crippen molar-refractivity contribution in [3.63, 3.8) is 0 Å². The first-order chi connectivity index (χ1) is 14.2. The van der Waals surface area contributed by atoms with Gasteiger partial charge in [-0.25, -0.2) is 4.39 Å². The molecule has 2 saturated heterocycles. The van der Waals surface area contributed by atoms with Gasteiger partial charge in [-0.15, -0.1) is 0 Å². The molecular weight excluding hydrogens is 387 g/mol. The Morgan fingerprint density at radius 3 is 2.66 bits per heavy atom. The molecule has 160 valence electrons. The van der Waals surface area contributed by atoms with Gasteiger partial charge in [-0.3, -0.25) is 9.89 Å². The highest BCUT2D eigenvalue weighted by molar-refractivity contribution is 7.99. The van der Waals surface area contributed by atoms with Crippen molar-refractivity contribution in [2.45, 2.75) is 37.1 Å². The molecule has 2 aliphatic heterocycles. The molecule has 29 heavy (non-hydrogen) atoms. The van der Waals surface area contributed by atoms with Crippen LogP contribution in [0.15, 0.2) is 29.3 Å². The summed E-state index contributed by atoms with van der Waals surface area (Å²) in [6.45, 7) is 8.05. The smallest absolute Gasteiger partial charge is 0.191 e. The van der Waals surface area contributed by atoms with Crippen LogP contribution in [0.1, 0.15) is 31.7 Å². The number of nitrogens with one attached hydrogen (secondary N) is 2. The number of benzene rings is 1. The van der Waals surface area contributed by atoms with E-state index >= 15 is 0 Å². The lowest BCUT2D eigenvalue weighted by Gasteiger charge is -2.42. The van der Waals surface area contributed by atoms with Crippen LogP contribution < -0.4 is 10.6 Å². The summed E-state index contributed by atoms with van der Waals surface area (Å²) in [4.78, 5) is 7.58. The highest BCUT2D eigenvalue weighted by Gasteiger charge is 2.46. The van der Waals surface area contributed by atoms with E-state index in [9.17, 15) is 4.39 Å². The van der Waals surface area contributed by atoms with Crippen LogP contribution in [0.4, 0.5) is 4.39 Å². The molecule has 0 radical (unpaired) electrons. The predicted molar refractivity (Wildman–Crippen MR) is 118 cm³/mol. The van der Waals surface area contributed by atoms with Gasteiger partial charge in [-0.05, 0) is 43.6 Å². The standard InChI is InChI=1S/C22H33FN4OS/c1-2-24-20(25-15-21(7-8-21)18-5-3-4-6-19(18)23)26-16-22(9-14-29-17-22)27-10-12-28-13-11-27/h3-6H,2,7-17H2,1H3,(H2,24,25,26). The summed E-state index contributed by atoms with van der Waals surface area (Å²) in [6, 6.07) is 7.19. The second-order valence-electron chi connectivity index (χ2n) is 8.44. The zero-order chi connectivity index (χ0) is 20.2. The van der Waals surface area contributed by atoms with Gasteiger partial charge in [0.25, 0.3) is 0 Å². The Hall–Kier alpha value is -1.31. The van der Waals surface area contributed by atoms with E-state index < -0.39 is 0 Å². The van der Waals surface area contributed by atoms with Crippen molar-refractivity contribution in [1.29, 1.82) is 0 Å². The van der Waals surface area contributed by atoms with E-state index in [-0.39, 0.29) is 16.8 Å². The Morgan fingerprint density at radius 1 is 1.21 bits per heavy atom. The third-order valence-corrected chi connectivity index (χ3v) is 7.77. The molecule has 1 aromatic rings. The number of nitrogens with zero attached hydrogens (tertiary/aromatic N) is 2. The zero-order valence-corrected chi connectivity index (χ0v) is 18.2. The average Bonchev–Trinajstić information content (AvgIpc) is 3.38. The summed E-state index contributed by atoms with van der Waals surface area (Å²) in [5, 5.41) is 6.90. The van der Waals surface area contributed by atoms with Crippen LogP contribution >= 0.6 is 11.8 Å². The first-order valence-corrected chi connectivity index (χ1v) is 12.0. The monoisotopic (exact) mass is 420 g/mol. The molecule has 0 aromatic heterocycles. The average molecular weight is 421 g/mol. The van der Waals surface area contributed by atoms with E-state index in [0.717, 1.165) is 76.1 Å². The minimum atomic E-state index is -0.0945. The normalized spacial score (nSPS) is 27.0. The summed E-state index contributed by atoms with van der Waals surface area (Å²) in [5.41, 5.74) is 0.881. The van der Waals surface area contributed by atoms with E-state index in [0.29, 0.717) is 0 Å². The minimum Gasteiger partial charge on any atom is -0.379 e. The Bertz CT molecular complexity index is 713. The van der Waals surface area contributed by atoms with Crippen LogP contribution in [0, 0.1) is 5.82 Å². The number of guanidine groups is 1. The molecule has 3 aliphatic rings. The van der Waals surface area contributed by atoms with Crippen LogP contribution in [-0.2, 0) is 10.2 Å². The maximum absolute atomic E-state index is 14.3. The molecule has 1 aromatic carbocycles. The van der Waals surface area contributed by atoms with E-state index in [1.54, 1.807) is 12.1 Å². The van der Waals surface area contributed by atoms with Gasteiger partial charge in [0.1, 0.15) is 5.82 Å². The van der Waals surface area contributed by atoms with Crippen molar-refractivity contribution in [3.8, 4) is 0 Å². The highest BCUT2D eigenvalue weighted by Crippen LogP contribution is 2.48. The van der Waals surface area contributed by atoms with Crippen LogP contribution in [0.2, 0.25) is 0 Å². The Morgan fingerprint density at radius 2 is 2.00 bits per heavy atom. The van der Waals surface area contributed by atoms with Crippen molar-refractivity contribution in [2.75, 3.05) is 57.4 Å². The van der Waals surface area contributed by atoms with Crippen LogP contribution in [-0.4, -0.2) is 73.8 Å². The molecule has 4 rings (SSSR count). The second-order valence-corrected chi connectivity index (χ2v) is 9.54. The fraction of sp³-hybridized carbons (Fsp3) is 0.682. The Labute approximate surface area is 177 Å². The molecule has 3 fully saturated rings. The van der Waals surface area contributed by atoms with Crippen molar-refractivity contribution in [1.82, 2.24) is 15.5 Å². The van der Waals surface area contributed by atoms with Gasteiger partial charge in [0, 0.05) is 37.3 Å². The van der Waals surface area contributed by atoms with Crippen LogP contribution in [0.25, 0.3) is 0 Å². The van der Waals surface area contributed by atoms with Gasteiger partial charge < -0.3 is 15.4 Å². The van der Waals surface area contributed by atoms with E-state index in [2.05, 4.69) is 22.5 Å². The molecule has 7 heteroatoms. The lowest BCUT2D eigenvalue weighted by atomic mass is 9.95. The predicted octanol–water partition coefficient (Wildman–Crippen LogP) is 2.62. The molecule has 0 spiro atoms. The lowest BCUT2D eigenvalue weighted by molar-refractivity contribution is -0.0104. The molecule has 0 bridgehead atoms. The Kier molecular flexibility index (Phi) is 6.66. The molecule has 2 N–H and O–H groups in total. The van der Waals surface area contributed by atoms with Crippen molar-refractivity contribution < 1.29 is 9.13 Å². The number of halogens is 1. The maximum Gasteiger partial charge on any atom is 0.191 e. The van der Waals surface area contributed by atoms with Crippen LogP contribution in [0.3, 0.4) is 0 Å². The van der Waals surface area contributed by atoms with Gasteiger partial charge in [0.15, 0.2) is 5.96 Å². The summed E-state index contributed by atoms with van der Waals surface area (Å²) in [6.07, 6.45) is 3.23.